The van der Waals surface area contributed by atoms with Gasteiger partial charge in [-0.15, -0.1) is 0 Å². The molecule has 160 valence electrons. The number of halogens is 2. The Balaban J connectivity index is 0.00000141. The molecule has 0 amide bonds. The zero-order valence-electron chi connectivity index (χ0n) is 18.1. The number of aromatic amines is 1. The number of H-pyrrole nitrogens is 1. The van der Waals surface area contributed by atoms with Gasteiger partial charge < -0.3 is 10.5 Å². The summed E-state index contributed by atoms with van der Waals surface area (Å²) in [6.07, 6.45) is 8.44. The lowest BCUT2D eigenvalue weighted by Gasteiger charge is -2.17. The topological polar surface area (TPSA) is 89.7 Å². The molecule has 0 aliphatic carbocycles. The Hall–Kier alpha value is -2.93. The predicted molar refractivity (Wildman–Crippen MR) is 127 cm³/mol. The first-order valence-corrected chi connectivity index (χ1v) is 10.1. The Morgan fingerprint density at radius 3 is 2.61 bits per heavy atom. The molecule has 0 fully saturated rings. The molecule has 0 spiro atoms. The maximum absolute atomic E-state index is 6.25. The van der Waals surface area contributed by atoms with Crippen molar-refractivity contribution in [3.63, 3.8) is 0 Å². The van der Waals surface area contributed by atoms with Crippen LogP contribution in [0.15, 0.2) is 48.9 Å². The van der Waals surface area contributed by atoms with E-state index in [1.807, 2.05) is 49.4 Å². The Bertz CT molecular complexity index is 1190. The minimum atomic E-state index is -0.344. The predicted octanol–water partition coefficient (Wildman–Crippen LogP) is 6.06. The van der Waals surface area contributed by atoms with Gasteiger partial charge in [0.15, 0.2) is 0 Å². The molecule has 0 bridgehead atoms. The molecule has 0 aliphatic rings. The molecule has 1 aromatic carbocycles. The minimum Gasteiger partial charge on any atom is -0.486 e. The Morgan fingerprint density at radius 1 is 1.16 bits per heavy atom. The zero-order valence-corrected chi connectivity index (χ0v) is 18.7. The van der Waals surface area contributed by atoms with Crippen molar-refractivity contribution in [2.75, 3.05) is 0 Å². The molecular weight excluding hydrogens is 433 g/mol. The normalized spacial score (nSPS) is 12.4. The molecule has 0 saturated heterocycles. The zero-order chi connectivity index (χ0) is 23.1. The van der Waals surface area contributed by atoms with E-state index in [1.54, 1.807) is 18.6 Å². The molecule has 0 saturated carbocycles. The van der Waals surface area contributed by atoms with E-state index in [2.05, 4.69) is 20.2 Å². The molecule has 8 heteroatoms. The molecule has 4 rings (SSSR count). The quantitative estimate of drug-likeness (QED) is 0.366. The SMILES string of the molecule is C[C@@H](Oc1ccc2[nH]nc(/C=C/c3ccc(CN)nc3)c2c1)c1c(Cl)cncc1Cl.[3H]C. The first-order valence-electron chi connectivity index (χ1n) is 10.3. The van der Waals surface area contributed by atoms with Crippen molar-refractivity contribution in [1.29, 1.82) is 0 Å². The summed E-state index contributed by atoms with van der Waals surface area (Å²) in [6.45, 7) is 2.32. The highest BCUT2D eigenvalue weighted by atomic mass is 35.5. The highest BCUT2D eigenvalue weighted by Crippen LogP contribution is 2.33. The largest absolute Gasteiger partial charge is 0.486 e. The summed E-state index contributed by atoms with van der Waals surface area (Å²) in [6, 6.07) is 9.62. The number of ether oxygens (including phenoxy) is 1. The van der Waals surface area contributed by atoms with Gasteiger partial charge in [0.1, 0.15) is 11.9 Å². The molecular formula is C23H23Cl2N5O. The molecule has 0 unspecified atom stereocenters. The highest BCUT2D eigenvalue weighted by molar-refractivity contribution is 6.35. The maximum atomic E-state index is 6.25. The summed E-state index contributed by atoms with van der Waals surface area (Å²) in [5.41, 5.74) is 9.81. The number of nitrogens with two attached hydrogens (primary N) is 1. The Kier molecular flexibility index (Phi) is 6.82. The van der Waals surface area contributed by atoms with E-state index in [-0.39, 0.29) is 6.10 Å². The monoisotopic (exact) mass is 457 g/mol. The van der Waals surface area contributed by atoms with Crippen molar-refractivity contribution in [3.8, 4) is 5.75 Å². The molecule has 0 radical (unpaired) electrons. The second-order valence-corrected chi connectivity index (χ2v) is 7.53. The highest BCUT2D eigenvalue weighted by Gasteiger charge is 2.16. The molecule has 0 aliphatic heterocycles. The standard InChI is InChI=1S/C22H19Cl2N5O.CH4/c1-13(22-18(23)11-26-12-19(22)24)30-16-5-7-21-17(8-16)20(28-29-21)6-3-14-2-4-15(9-25)27-10-14;/h2-8,10-13H,9,25H2,1H3,(H,28,29);1H4/b6-3+;/t13-;/m1./s1/i;1T. The summed E-state index contributed by atoms with van der Waals surface area (Å²) in [4.78, 5) is 8.28. The van der Waals surface area contributed by atoms with Crippen LogP contribution in [0.3, 0.4) is 0 Å². The van der Waals surface area contributed by atoms with Crippen LogP contribution in [-0.2, 0) is 6.54 Å². The van der Waals surface area contributed by atoms with Crippen LogP contribution in [0.2, 0.25) is 10.0 Å². The summed E-state index contributed by atoms with van der Waals surface area (Å²) in [5.74, 6) is 0.684. The van der Waals surface area contributed by atoms with Crippen LogP contribution in [0, 0.1) is 0 Å². The van der Waals surface area contributed by atoms with Gasteiger partial charge in [-0.2, -0.15) is 5.10 Å². The second kappa shape index (κ2) is 9.92. The fourth-order valence-electron chi connectivity index (χ4n) is 3.12. The van der Waals surface area contributed by atoms with E-state index in [9.17, 15) is 0 Å². The smallest absolute Gasteiger partial charge is 0.124 e. The van der Waals surface area contributed by atoms with Gasteiger partial charge in [-0.1, -0.05) is 42.7 Å². The Morgan fingerprint density at radius 2 is 1.94 bits per heavy atom. The molecule has 1 atom stereocenters. The average Bonchev–Trinajstić information content (AvgIpc) is 3.21. The van der Waals surface area contributed by atoms with Crippen LogP contribution in [0.5, 0.6) is 5.75 Å². The van der Waals surface area contributed by atoms with E-state index in [0.29, 0.717) is 27.9 Å². The van der Waals surface area contributed by atoms with Crippen LogP contribution < -0.4 is 10.5 Å². The van der Waals surface area contributed by atoms with Crippen molar-refractivity contribution < 1.29 is 6.11 Å². The summed E-state index contributed by atoms with van der Waals surface area (Å²) >= 11 is 12.5. The van der Waals surface area contributed by atoms with E-state index in [0.717, 1.165) is 27.9 Å². The van der Waals surface area contributed by atoms with Crippen LogP contribution in [0.25, 0.3) is 23.1 Å². The number of rotatable bonds is 6. The van der Waals surface area contributed by atoms with Gasteiger partial charge in [0, 0.05) is 37.5 Å². The van der Waals surface area contributed by atoms with Crippen LogP contribution >= 0.6 is 23.2 Å². The van der Waals surface area contributed by atoms with Crippen molar-refractivity contribution in [3.05, 3.63) is 81.5 Å². The third kappa shape index (κ3) is 5.05. The number of nitrogens with zero attached hydrogens (tertiary/aromatic N) is 3. The average molecular weight is 458 g/mol. The van der Waals surface area contributed by atoms with E-state index >= 15 is 0 Å². The van der Waals surface area contributed by atoms with Gasteiger partial charge >= 0.3 is 0 Å². The van der Waals surface area contributed by atoms with Crippen molar-refractivity contribution in [1.82, 2.24) is 20.2 Å². The Labute approximate surface area is 192 Å². The summed E-state index contributed by atoms with van der Waals surface area (Å²) < 4.78 is 11.8. The number of fused-ring (bicyclic) bond motifs is 1. The maximum Gasteiger partial charge on any atom is 0.124 e. The molecule has 6 nitrogen and oxygen atoms in total. The number of hydrogen-bond acceptors (Lipinski definition) is 5. The number of hydrogen-bond donors (Lipinski definition) is 2. The number of aromatic nitrogens is 4. The fraction of sp³-hybridized carbons (Fsp3) is 0.174. The molecule has 31 heavy (non-hydrogen) atoms. The molecule has 4 aromatic rings. The minimum absolute atomic E-state index is 0.344. The number of nitrogens with one attached hydrogen (secondary N) is 1. The lowest BCUT2D eigenvalue weighted by molar-refractivity contribution is 0.227. The summed E-state index contributed by atoms with van der Waals surface area (Å²) in [7, 11) is 1.25. The number of benzene rings is 1. The van der Waals surface area contributed by atoms with Crippen molar-refractivity contribution in [2.45, 2.75) is 27.0 Å². The van der Waals surface area contributed by atoms with Crippen molar-refractivity contribution >= 4 is 46.3 Å². The first kappa shape index (κ1) is 21.3. The van der Waals surface area contributed by atoms with Gasteiger partial charge in [-0.3, -0.25) is 15.1 Å². The number of pyridine rings is 2. The van der Waals surface area contributed by atoms with Gasteiger partial charge in [0.05, 0.1) is 26.9 Å². The van der Waals surface area contributed by atoms with Gasteiger partial charge in [-0.05, 0) is 42.8 Å². The molecule has 3 aromatic heterocycles. The van der Waals surface area contributed by atoms with E-state index in [4.69, 9.17) is 35.0 Å². The van der Waals surface area contributed by atoms with Gasteiger partial charge in [0.2, 0.25) is 0 Å². The second-order valence-electron chi connectivity index (χ2n) is 6.71. The van der Waals surface area contributed by atoms with E-state index < -0.39 is 0 Å². The lowest BCUT2D eigenvalue weighted by atomic mass is 10.1. The first-order chi connectivity index (χ1) is 15.5. The van der Waals surface area contributed by atoms with Crippen LogP contribution in [0.1, 0.15) is 44.3 Å². The fourth-order valence-corrected chi connectivity index (χ4v) is 3.79. The molecule has 3 N–H and O–H groups in total. The van der Waals surface area contributed by atoms with Gasteiger partial charge in [-0.25, -0.2) is 0 Å². The third-order valence-corrected chi connectivity index (χ3v) is 5.27. The third-order valence-electron chi connectivity index (χ3n) is 4.66. The lowest BCUT2D eigenvalue weighted by Crippen LogP contribution is -2.05. The van der Waals surface area contributed by atoms with Crippen LogP contribution in [0.4, 0.5) is 0 Å². The summed E-state index contributed by atoms with van der Waals surface area (Å²) in [5, 5.41) is 9.30. The van der Waals surface area contributed by atoms with Crippen LogP contribution in [-0.4, -0.2) is 20.2 Å². The molecule has 3 heterocycles. The van der Waals surface area contributed by atoms with Crippen molar-refractivity contribution in [2.24, 2.45) is 5.73 Å². The van der Waals surface area contributed by atoms with Gasteiger partial charge in [0.25, 0.3) is 0 Å². The van der Waals surface area contributed by atoms with E-state index in [1.165, 1.54) is 7.40 Å².